The first-order chi connectivity index (χ1) is 5.79. The van der Waals surface area contributed by atoms with Crippen molar-refractivity contribution in [3.8, 4) is 0 Å². The molecule has 1 rings (SSSR count). The Morgan fingerprint density at radius 1 is 1.67 bits per heavy atom. The number of hydrogen-bond acceptors (Lipinski definition) is 2. The summed E-state index contributed by atoms with van der Waals surface area (Å²) >= 11 is 5.69. The average Bonchev–Trinajstić information content (AvgIpc) is 2.51. The van der Waals surface area contributed by atoms with Crippen LogP contribution >= 0.6 is 11.6 Å². The van der Waals surface area contributed by atoms with Gasteiger partial charge in [0.1, 0.15) is 12.2 Å². The maximum atomic E-state index is 5.69. The average molecular weight is 188 g/mol. The Morgan fingerprint density at radius 2 is 2.42 bits per heavy atom. The molecule has 0 spiro atoms. The number of nitrogens with zero attached hydrogens (tertiary/aromatic N) is 3. The van der Waals surface area contributed by atoms with Crippen molar-refractivity contribution in [1.29, 1.82) is 0 Å². The minimum Gasteiger partial charge on any atom is -0.314 e. The summed E-state index contributed by atoms with van der Waals surface area (Å²) in [7, 11) is 0. The molecule has 0 saturated carbocycles. The molecule has 0 fully saturated rings. The van der Waals surface area contributed by atoms with Crippen LogP contribution in [0.1, 0.15) is 38.6 Å². The van der Waals surface area contributed by atoms with Crippen LogP contribution in [0.5, 0.6) is 0 Å². The van der Waals surface area contributed by atoms with Crippen LogP contribution in [-0.2, 0) is 5.88 Å². The van der Waals surface area contributed by atoms with Gasteiger partial charge in [0.15, 0.2) is 0 Å². The highest BCUT2D eigenvalue weighted by Gasteiger charge is 2.08. The van der Waals surface area contributed by atoms with E-state index in [1.807, 2.05) is 4.57 Å². The molecule has 0 radical (unpaired) electrons. The van der Waals surface area contributed by atoms with Gasteiger partial charge < -0.3 is 4.57 Å². The molecule has 3 nitrogen and oxygen atoms in total. The minimum atomic E-state index is 0.439. The first kappa shape index (κ1) is 9.52. The van der Waals surface area contributed by atoms with Crippen molar-refractivity contribution in [3.05, 3.63) is 12.2 Å². The van der Waals surface area contributed by atoms with E-state index in [9.17, 15) is 0 Å². The number of rotatable bonds is 4. The molecule has 1 atom stereocenters. The minimum absolute atomic E-state index is 0.439. The molecule has 1 aromatic rings. The Kier molecular flexibility index (Phi) is 3.53. The van der Waals surface area contributed by atoms with Crippen molar-refractivity contribution < 1.29 is 0 Å². The second-order valence-corrected chi connectivity index (χ2v) is 3.19. The summed E-state index contributed by atoms with van der Waals surface area (Å²) in [4.78, 5) is 0. The molecule has 1 unspecified atom stereocenters. The summed E-state index contributed by atoms with van der Waals surface area (Å²) in [6.45, 7) is 4.32. The van der Waals surface area contributed by atoms with E-state index >= 15 is 0 Å². The SMILES string of the molecule is CCCC(C)n1cnnc1CCl. The van der Waals surface area contributed by atoms with Gasteiger partial charge in [0.25, 0.3) is 0 Å². The van der Waals surface area contributed by atoms with Gasteiger partial charge in [-0.05, 0) is 13.3 Å². The largest absolute Gasteiger partial charge is 0.314 e. The maximum absolute atomic E-state index is 5.69. The van der Waals surface area contributed by atoms with Gasteiger partial charge in [-0.25, -0.2) is 0 Å². The lowest BCUT2D eigenvalue weighted by Gasteiger charge is -2.12. The monoisotopic (exact) mass is 187 g/mol. The standard InChI is InChI=1S/C8H14ClN3/c1-3-4-7(2)12-6-10-11-8(12)5-9/h6-7H,3-5H2,1-2H3. The molecule has 0 aromatic carbocycles. The van der Waals surface area contributed by atoms with Gasteiger partial charge >= 0.3 is 0 Å². The third-order valence-corrected chi connectivity index (χ3v) is 2.19. The van der Waals surface area contributed by atoms with Crippen LogP contribution < -0.4 is 0 Å². The molecular weight excluding hydrogens is 174 g/mol. The van der Waals surface area contributed by atoms with Gasteiger partial charge in [0.05, 0.1) is 5.88 Å². The molecule has 68 valence electrons. The van der Waals surface area contributed by atoms with Gasteiger partial charge in [-0.3, -0.25) is 0 Å². The molecule has 1 aromatic heterocycles. The highest BCUT2D eigenvalue weighted by Crippen LogP contribution is 2.14. The van der Waals surface area contributed by atoms with Crippen LogP contribution in [0.4, 0.5) is 0 Å². The smallest absolute Gasteiger partial charge is 0.148 e. The lowest BCUT2D eigenvalue weighted by molar-refractivity contribution is 0.487. The Morgan fingerprint density at radius 3 is 3.00 bits per heavy atom. The van der Waals surface area contributed by atoms with Gasteiger partial charge in [0.2, 0.25) is 0 Å². The van der Waals surface area contributed by atoms with Crippen molar-refractivity contribution in [1.82, 2.24) is 14.8 Å². The van der Waals surface area contributed by atoms with Crippen molar-refractivity contribution in [3.63, 3.8) is 0 Å². The highest BCUT2D eigenvalue weighted by atomic mass is 35.5. The molecular formula is C8H14ClN3. The van der Waals surface area contributed by atoms with E-state index in [0.29, 0.717) is 11.9 Å². The van der Waals surface area contributed by atoms with Gasteiger partial charge in [-0.15, -0.1) is 21.8 Å². The van der Waals surface area contributed by atoms with Crippen LogP contribution in [0.2, 0.25) is 0 Å². The zero-order valence-electron chi connectivity index (χ0n) is 7.50. The quantitative estimate of drug-likeness (QED) is 0.678. The first-order valence-electron chi connectivity index (χ1n) is 4.24. The lowest BCUT2D eigenvalue weighted by atomic mass is 10.2. The summed E-state index contributed by atoms with van der Waals surface area (Å²) in [6.07, 6.45) is 4.06. The summed E-state index contributed by atoms with van der Waals surface area (Å²) in [5.41, 5.74) is 0. The molecule has 1 heterocycles. The molecule has 0 N–H and O–H groups in total. The molecule has 0 saturated heterocycles. The number of hydrogen-bond donors (Lipinski definition) is 0. The molecule has 0 amide bonds. The maximum Gasteiger partial charge on any atom is 0.148 e. The predicted molar refractivity (Wildman–Crippen MR) is 49.2 cm³/mol. The van der Waals surface area contributed by atoms with Crippen LogP contribution in [-0.4, -0.2) is 14.8 Å². The lowest BCUT2D eigenvalue weighted by Crippen LogP contribution is -2.06. The Bertz CT molecular complexity index is 234. The topological polar surface area (TPSA) is 30.7 Å². The number of alkyl halides is 1. The molecule has 12 heavy (non-hydrogen) atoms. The molecule has 0 aliphatic carbocycles. The third-order valence-electron chi connectivity index (χ3n) is 1.95. The number of aromatic nitrogens is 3. The zero-order valence-corrected chi connectivity index (χ0v) is 8.25. The fourth-order valence-corrected chi connectivity index (χ4v) is 1.48. The first-order valence-corrected chi connectivity index (χ1v) is 4.77. The van der Waals surface area contributed by atoms with Gasteiger partial charge in [-0.1, -0.05) is 13.3 Å². The van der Waals surface area contributed by atoms with Crippen LogP contribution in [0.3, 0.4) is 0 Å². The van der Waals surface area contributed by atoms with E-state index in [2.05, 4.69) is 24.0 Å². The third kappa shape index (κ3) is 1.97. The summed E-state index contributed by atoms with van der Waals surface area (Å²) < 4.78 is 2.04. The van der Waals surface area contributed by atoms with Crippen molar-refractivity contribution in [2.75, 3.05) is 0 Å². The van der Waals surface area contributed by atoms with Crippen LogP contribution in [0, 0.1) is 0 Å². The van der Waals surface area contributed by atoms with Gasteiger partial charge in [0, 0.05) is 6.04 Å². The molecule has 0 bridgehead atoms. The summed E-state index contributed by atoms with van der Waals surface area (Å²) in [5.74, 6) is 1.30. The fourth-order valence-electron chi connectivity index (χ4n) is 1.29. The summed E-state index contributed by atoms with van der Waals surface area (Å²) in [6, 6.07) is 0.457. The van der Waals surface area contributed by atoms with E-state index in [-0.39, 0.29) is 0 Å². The van der Waals surface area contributed by atoms with Crippen molar-refractivity contribution in [2.24, 2.45) is 0 Å². The molecule has 0 aliphatic rings. The Labute approximate surface area is 77.8 Å². The van der Waals surface area contributed by atoms with E-state index in [1.165, 1.54) is 6.42 Å². The number of halogens is 1. The molecule has 0 aliphatic heterocycles. The van der Waals surface area contributed by atoms with E-state index in [4.69, 9.17) is 11.6 Å². The normalized spacial score (nSPS) is 13.2. The van der Waals surface area contributed by atoms with Gasteiger partial charge in [-0.2, -0.15) is 0 Å². The van der Waals surface area contributed by atoms with E-state index < -0.39 is 0 Å². The van der Waals surface area contributed by atoms with E-state index in [1.54, 1.807) is 6.33 Å². The van der Waals surface area contributed by atoms with Crippen molar-refractivity contribution in [2.45, 2.75) is 38.6 Å². The fraction of sp³-hybridized carbons (Fsp3) is 0.750. The highest BCUT2D eigenvalue weighted by molar-refractivity contribution is 6.16. The van der Waals surface area contributed by atoms with Crippen molar-refractivity contribution >= 4 is 11.6 Å². The summed E-state index contributed by atoms with van der Waals surface area (Å²) in [5, 5.41) is 7.74. The predicted octanol–water partition coefficient (Wildman–Crippen LogP) is 2.38. The Balaban J connectivity index is 2.71. The zero-order chi connectivity index (χ0) is 8.97. The van der Waals surface area contributed by atoms with Crippen LogP contribution in [0.25, 0.3) is 0 Å². The second-order valence-electron chi connectivity index (χ2n) is 2.93. The van der Waals surface area contributed by atoms with E-state index in [0.717, 1.165) is 12.2 Å². The second kappa shape index (κ2) is 4.45. The molecule has 4 heteroatoms. The van der Waals surface area contributed by atoms with Crippen LogP contribution in [0.15, 0.2) is 6.33 Å². The Hall–Kier alpha value is -0.570.